The maximum atomic E-state index is 13.4. The summed E-state index contributed by atoms with van der Waals surface area (Å²) < 4.78 is 28.1. The molecular weight excluding hydrogens is 420 g/mol. The van der Waals surface area contributed by atoms with Crippen molar-refractivity contribution in [3.05, 3.63) is 41.7 Å². The van der Waals surface area contributed by atoms with Gasteiger partial charge in [-0.15, -0.1) is 0 Å². The van der Waals surface area contributed by atoms with E-state index in [2.05, 4.69) is 15.4 Å². The van der Waals surface area contributed by atoms with Crippen LogP contribution in [0.5, 0.6) is 0 Å². The first-order chi connectivity index (χ1) is 14.7. The number of carbonyl (C=O) groups is 2. The normalized spacial score (nSPS) is 20.2. The summed E-state index contributed by atoms with van der Waals surface area (Å²) in [5, 5.41) is 9.98. The number of nitrogens with one attached hydrogen (secondary N) is 1. The van der Waals surface area contributed by atoms with Gasteiger partial charge < -0.3 is 10.6 Å². The molecule has 2 aromatic rings. The number of H-pyrrole nitrogens is 1. The van der Waals surface area contributed by atoms with Crippen LogP contribution in [0.1, 0.15) is 47.5 Å². The van der Waals surface area contributed by atoms with Crippen molar-refractivity contribution in [2.45, 2.75) is 37.6 Å². The second-order valence-corrected chi connectivity index (χ2v) is 9.97. The van der Waals surface area contributed by atoms with Crippen LogP contribution in [0, 0.1) is 11.8 Å². The summed E-state index contributed by atoms with van der Waals surface area (Å²) in [6, 6.07) is 5.44. The number of benzene rings is 1. The fourth-order valence-corrected chi connectivity index (χ4v) is 5.72. The van der Waals surface area contributed by atoms with Crippen LogP contribution in [0.3, 0.4) is 0 Å². The van der Waals surface area contributed by atoms with Gasteiger partial charge in [0, 0.05) is 31.7 Å². The van der Waals surface area contributed by atoms with Crippen LogP contribution >= 0.6 is 0 Å². The number of carbonyl (C=O) groups excluding carboxylic acids is 2. The molecule has 1 aromatic heterocycles. The van der Waals surface area contributed by atoms with Crippen LogP contribution in [0.4, 0.5) is 0 Å². The Balaban J connectivity index is 1.86. The third-order valence-electron chi connectivity index (χ3n) is 5.93. The lowest BCUT2D eigenvalue weighted by Crippen LogP contribution is -2.44. The molecule has 0 radical (unpaired) electrons. The fourth-order valence-electron chi connectivity index (χ4n) is 4.24. The minimum atomic E-state index is -3.86. The standard InChI is InChI=1S/C20H28N6O4S/c1-4-6-18(16-12-26(11-13(16)2)20(28)17-10-22-24-23-17)25(3)31(29,30)15-8-5-7-14(9-15)19(21)27/h5,7-10,13,16,18H,4,6,11-12H2,1-3H3,(H2,21,27)(H,22,23,24)/t13-,16+,18-/m1/s1. The summed E-state index contributed by atoms with van der Waals surface area (Å²) in [6.45, 7) is 4.97. The molecule has 1 saturated heterocycles. The lowest BCUT2D eigenvalue weighted by Gasteiger charge is -2.33. The van der Waals surface area contributed by atoms with E-state index in [1.54, 1.807) is 11.9 Å². The first kappa shape index (κ1) is 22.9. The van der Waals surface area contributed by atoms with Crippen molar-refractivity contribution >= 4 is 21.8 Å². The van der Waals surface area contributed by atoms with Crippen molar-refractivity contribution in [3.8, 4) is 0 Å². The molecule has 2 heterocycles. The lowest BCUT2D eigenvalue weighted by molar-refractivity contribution is 0.0774. The number of hydrogen-bond acceptors (Lipinski definition) is 6. The summed E-state index contributed by atoms with van der Waals surface area (Å²) in [6.07, 6.45) is 2.81. The Kier molecular flexibility index (Phi) is 6.75. The minimum absolute atomic E-state index is 0.0218. The fraction of sp³-hybridized carbons (Fsp3) is 0.500. The maximum Gasteiger partial charge on any atom is 0.276 e. The zero-order valence-corrected chi connectivity index (χ0v) is 18.7. The Morgan fingerprint density at radius 2 is 2.10 bits per heavy atom. The summed E-state index contributed by atoms with van der Waals surface area (Å²) in [7, 11) is -2.31. The predicted octanol–water partition coefficient (Wildman–Crippen LogP) is 1.10. The molecule has 3 atom stereocenters. The molecule has 1 aromatic carbocycles. The number of primary amides is 1. The second-order valence-electron chi connectivity index (χ2n) is 7.98. The van der Waals surface area contributed by atoms with Gasteiger partial charge in [0.15, 0.2) is 5.69 Å². The first-order valence-electron chi connectivity index (χ1n) is 10.2. The van der Waals surface area contributed by atoms with Crippen LogP contribution in [0.25, 0.3) is 0 Å². The number of rotatable bonds is 8. The van der Waals surface area contributed by atoms with E-state index in [4.69, 9.17) is 5.73 Å². The molecule has 0 unspecified atom stereocenters. The number of hydrogen-bond donors (Lipinski definition) is 2. The molecule has 11 heteroatoms. The van der Waals surface area contributed by atoms with Crippen LogP contribution in [0.2, 0.25) is 0 Å². The van der Waals surface area contributed by atoms with E-state index in [0.717, 1.165) is 6.42 Å². The number of aromatic nitrogens is 3. The predicted molar refractivity (Wildman–Crippen MR) is 114 cm³/mol. The van der Waals surface area contributed by atoms with Crippen molar-refractivity contribution in [1.29, 1.82) is 0 Å². The summed E-state index contributed by atoms with van der Waals surface area (Å²) >= 11 is 0. The van der Waals surface area contributed by atoms with Gasteiger partial charge in [-0.1, -0.05) is 26.3 Å². The molecule has 1 aliphatic heterocycles. The molecule has 168 valence electrons. The molecule has 0 saturated carbocycles. The Morgan fingerprint density at radius 3 is 2.71 bits per heavy atom. The molecule has 3 N–H and O–H groups in total. The van der Waals surface area contributed by atoms with Gasteiger partial charge in [-0.2, -0.15) is 19.7 Å². The SMILES string of the molecule is CCC[C@H]([C@H]1CN(C(=O)c2cn[nH]n2)C[C@H]1C)N(C)S(=O)(=O)c1cccc(C(N)=O)c1. The minimum Gasteiger partial charge on any atom is -0.366 e. The number of aromatic amines is 1. The Morgan fingerprint density at radius 1 is 1.35 bits per heavy atom. The highest BCUT2D eigenvalue weighted by Crippen LogP contribution is 2.33. The maximum absolute atomic E-state index is 13.4. The Bertz CT molecular complexity index is 1040. The Labute approximate surface area is 181 Å². The van der Waals surface area contributed by atoms with Gasteiger partial charge in [0.1, 0.15) is 0 Å². The van der Waals surface area contributed by atoms with Crippen LogP contribution in [-0.2, 0) is 10.0 Å². The first-order valence-corrected chi connectivity index (χ1v) is 11.6. The van der Waals surface area contributed by atoms with Crippen molar-refractivity contribution in [1.82, 2.24) is 24.6 Å². The van der Waals surface area contributed by atoms with Gasteiger partial charge in [0.2, 0.25) is 15.9 Å². The van der Waals surface area contributed by atoms with Gasteiger partial charge in [-0.25, -0.2) is 8.42 Å². The quantitative estimate of drug-likeness (QED) is 0.619. The highest BCUT2D eigenvalue weighted by molar-refractivity contribution is 7.89. The van der Waals surface area contributed by atoms with Gasteiger partial charge in [-0.05, 0) is 36.5 Å². The van der Waals surface area contributed by atoms with Crippen molar-refractivity contribution < 1.29 is 18.0 Å². The van der Waals surface area contributed by atoms with Crippen molar-refractivity contribution in [2.75, 3.05) is 20.1 Å². The van der Waals surface area contributed by atoms with Gasteiger partial charge in [0.25, 0.3) is 5.91 Å². The third-order valence-corrected chi connectivity index (χ3v) is 7.81. The summed E-state index contributed by atoms with van der Waals surface area (Å²) in [5.74, 6) is -0.855. The van der Waals surface area contributed by atoms with E-state index >= 15 is 0 Å². The molecule has 31 heavy (non-hydrogen) atoms. The number of amides is 2. The van der Waals surface area contributed by atoms with E-state index in [1.165, 1.54) is 34.8 Å². The van der Waals surface area contributed by atoms with E-state index in [0.29, 0.717) is 19.5 Å². The summed E-state index contributed by atoms with van der Waals surface area (Å²) in [4.78, 5) is 25.9. The molecular formula is C20H28N6O4S. The third kappa shape index (κ3) is 4.62. The zero-order chi connectivity index (χ0) is 22.8. The Hall–Kier alpha value is -2.79. The lowest BCUT2D eigenvalue weighted by atomic mass is 9.88. The number of nitrogens with two attached hydrogens (primary N) is 1. The van der Waals surface area contributed by atoms with E-state index in [1.807, 2.05) is 13.8 Å². The van der Waals surface area contributed by atoms with Gasteiger partial charge >= 0.3 is 0 Å². The van der Waals surface area contributed by atoms with Crippen molar-refractivity contribution in [2.24, 2.45) is 17.6 Å². The highest BCUT2D eigenvalue weighted by Gasteiger charge is 2.42. The number of likely N-dealkylation sites (tertiary alicyclic amines) is 1. The monoisotopic (exact) mass is 448 g/mol. The molecule has 10 nitrogen and oxygen atoms in total. The topological polar surface area (TPSA) is 142 Å². The average molecular weight is 449 g/mol. The second kappa shape index (κ2) is 9.15. The number of sulfonamides is 1. The van der Waals surface area contributed by atoms with Gasteiger partial charge in [-0.3, -0.25) is 9.59 Å². The molecule has 0 aliphatic carbocycles. The zero-order valence-electron chi connectivity index (χ0n) is 17.9. The van der Waals surface area contributed by atoms with E-state index in [-0.39, 0.29) is 39.9 Å². The molecule has 1 aliphatic rings. The molecule has 2 amide bonds. The summed E-state index contributed by atoms with van der Waals surface area (Å²) in [5.41, 5.74) is 5.69. The average Bonchev–Trinajstić information content (AvgIpc) is 3.41. The van der Waals surface area contributed by atoms with Crippen molar-refractivity contribution in [3.63, 3.8) is 0 Å². The smallest absolute Gasteiger partial charge is 0.276 e. The van der Waals surface area contributed by atoms with Gasteiger partial charge in [0.05, 0.1) is 11.1 Å². The van der Waals surface area contributed by atoms with Crippen LogP contribution in [-0.4, -0.2) is 71.0 Å². The van der Waals surface area contributed by atoms with E-state index in [9.17, 15) is 18.0 Å². The largest absolute Gasteiger partial charge is 0.366 e. The molecule has 0 spiro atoms. The van der Waals surface area contributed by atoms with E-state index < -0.39 is 15.9 Å². The number of nitrogens with zero attached hydrogens (tertiary/aromatic N) is 4. The van der Waals surface area contributed by atoms with Crippen LogP contribution in [0.15, 0.2) is 35.4 Å². The highest BCUT2D eigenvalue weighted by atomic mass is 32.2. The van der Waals surface area contributed by atoms with Crippen LogP contribution < -0.4 is 5.73 Å². The molecule has 1 fully saturated rings. The molecule has 3 rings (SSSR count). The molecule has 0 bridgehead atoms.